The van der Waals surface area contributed by atoms with Crippen LogP contribution in [0.5, 0.6) is 0 Å². The minimum atomic E-state index is -1.60. The van der Waals surface area contributed by atoms with Crippen LogP contribution in [0.25, 0.3) is 0 Å². The van der Waals surface area contributed by atoms with Crippen molar-refractivity contribution >= 4 is 5.91 Å². The average Bonchev–Trinajstić information content (AvgIpc) is 3.26. The van der Waals surface area contributed by atoms with Gasteiger partial charge in [0, 0.05) is 0 Å². The first-order valence-corrected chi connectivity index (χ1v) is 25.6. The number of amides is 1. The van der Waals surface area contributed by atoms with Gasteiger partial charge in [0.05, 0.1) is 25.4 Å². The van der Waals surface area contributed by atoms with Crippen molar-refractivity contribution < 1.29 is 44.9 Å². The fourth-order valence-electron chi connectivity index (χ4n) is 8.27. The van der Waals surface area contributed by atoms with Gasteiger partial charge < -0.3 is 45.4 Å². The van der Waals surface area contributed by atoms with Gasteiger partial charge in [0.15, 0.2) is 6.29 Å². The summed E-state index contributed by atoms with van der Waals surface area (Å²) >= 11 is 0. The molecule has 0 saturated carbocycles. The molecule has 0 aromatic heterocycles. The van der Waals surface area contributed by atoms with Gasteiger partial charge in [-0.3, -0.25) is 4.79 Å². The third-order valence-electron chi connectivity index (χ3n) is 12.4. The second-order valence-corrected chi connectivity index (χ2v) is 18.1. The number of hydrogen-bond donors (Lipinski definition) is 7. The summed E-state index contributed by atoms with van der Waals surface area (Å²) < 4.78 is 11.2. The molecule has 0 aromatic rings. The maximum absolute atomic E-state index is 13.1. The van der Waals surface area contributed by atoms with Crippen LogP contribution >= 0.6 is 0 Å². The van der Waals surface area contributed by atoms with Crippen molar-refractivity contribution in [2.45, 2.75) is 281 Å². The molecule has 10 heteroatoms. The number of nitrogens with one attached hydrogen (secondary N) is 1. The number of carbonyl (C=O) groups is 1. The molecule has 7 N–H and O–H groups in total. The minimum absolute atomic E-state index is 0.253. The van der Waals surface area contributed by atoms with Crippen molar-refractivity contribution in [2.24, 2.45) is 0 Å². The molecule has 0 bridgehead atoms. The Morgan fingerprint density at radius 1 is 0.574 bits per heavy atom. The lowest BCUT2D eigenvalue weighted by Crippen LogP contribution is -2.60. The first-order chi connectivity index (χ1) is 29.8. The second kappa shape index (κ2) is 41.3. The van der Waals surface area contributed by atoms with Gasteiger partial charge in [0.1, 0.15) is 30.5 Å². The number of aliphatic hydroxyl groups is 6. The molecule has 61 heavy (non-hydrogen) atoms. The zero-order valence-corrected chi connectivity index (χ0v) is 39.3. The van der Waals surface area contributed by atoms with Crippen LogP contribution < -0.4 is 5.32 Å². The van der Waals surface area contributed by atoms with E-state index in [1.165, 1.54) is 141 Å². The quantitative estimate of drug-likeness (QED) is 0.0233. The van der Waals surface area contributed by atoms with Crippen LogP contribution in [0, 0.1) is 0 Å². The van der Waals surface area contributed by atoms with Crippen LogP contribution in [0.15, 0.2) is 24.3 Å². The van der Waals surface area contributed by atoms with E-state index in [2.05, 4.69) is 43.5 Å². The molecule has 1 aliphatic heterocycles. The number of carbonyl (C=O) groups excluding carboxylic acids is 1. The van der Waals surface area contributed by atoms with Crippen LogP contribution in [0.1, 0.15) is 232 Å². The Labute approximate surface area is 373 Å². The fraction of sp³-hybridized carbons (Fsp3) is 0.902. The number of allylic oxidation sites excluding steroid dienone is 4. The Balaban J connectivity index is 2.31. The van der Waals surface area contributed by atoms with Crippen molar-refractivity contribution in [1.82, 2.24) is 5.32 Å². The summed E-state index contributed by atoms with van der Waals surface area (Å²) in [7, 11) is 0. The van der Waals surface area contributed by atoms with Gasteiger partial charge in [-0.1, -0.05) is 218 Å². The molecule has 1 aliphatic rings. The van der Waals surface area contributed by atoms with Gasteiger partial charge in [-0.15, -0.1) is 0 Å². The molecule has 0 spiro atoms. The number of rotatable bonds is 43. The summed E-state index contributed by atoms with van der Waals surface area (Å²) in [6.07, 6.45) is 39.4. The van der Waals surface area contributed by atoms with Gasteiger partial charge in [0.25, 0.3) is 0 Å². The van der Waals surface area contributed by atoms with E-state index in [0.717, 1.165) is 64.2 Å². The van der Waals surface area contributed by atoms with E-state index in [-0.39, 0.29) is 6.61 Å². The van der Waals surface area contributed by atoms with E-state index in [9.17, 15) is 35.4 Å². The lowest BCUT2D eigenvalue weighted by Gasteiger charge is -2.40. The topological polar surface area (TPSA) is 169 Å². The van der Waals surface area contributed by atoms with Crippen LogP contribution in [-0.4, -0.2) is 98.7 Å². The highest BCUT2D eigenvalue weighted by molar-refractivity contribution is 5.80. The Bertz CT molecular complexity index is 1030. The van der Waals surface area contributed by atoms with E-state index in [4.69, 9.17) is 9.47 Å². The van der Waals surface area contributed by atoms with Crippen LogP contribution in [-0.2, 0) is 14.3 Å². The average molecular weight is 868 g/mol. The maximum Gasteiger partial charge on any atom is 0.249 e. The molecule has 1 saturated heterocycles. The summed E-state index contributed by atoms with van der Waals surface area (Å²) in [6, 6.07) is -0.892. The number of ether oxygens (including phenoxy) is 2. The molecular weight excluding hydrogens is 771 g/mol. The zero-order valence-electron chi connectivity index (χ0n) is 39.3. The normalized spacial score (nSPS) is 21.1. The molecule has 0 aromatic carbocycles. The zero-order chi connectivity index (χ0) is 44.6. The van der Waals surface area contributed by atoms with E-state index in [1.807, 2.05) is 0 Å². The Hall–Kier alpha value is -1.37. The third-order valence-corrected chi connectivity index (χ3v) is 12.4. The first kappa shape index (κ1) is 57.6. The van der Waals surface area contributed by atoms with Crippen LogP contribution in [0.3, 0.4) is 0 Å². The lowest BCUT2D eigenvalue weighted by atomic mass is 9.99. The summed E-state index contributed by atoms with van der Waals surface area (Å²) in [4.78, 5) is 13.1. The molecule has 1 heterocycles. The lowest BCUT2D eigenvalue weighted by molar-refractivity contribution is -0.302. The molecule has 360 valence electrons. The molecule has 8 unspecified atom stereocenters. The minimum Gasteiger partial charge on any atom is -0.394 e. The molecule has 1 rings (SSSR count). The molecule has 10 nitrogen and oxygen atoms in total. The number of aliphatic hydroxyl groups excluding tert-OH is 6. The Morgan fingerprint density at radius 3 is 1.49 bits per heavy atom. The Morgan fingerprint density at radius 2 is 1.02 bits per heavy atom. The van der Waals surface area contributed by atoms with Crippen molar-refractivity contribution in [1.29, 1.82) is 0 Å². The molecule has 8 atom stereocenters. The molecule has 0 radical (unpaired) electrons. The molecular formula is C51H97NO9. The van der Waals surface area contributed by atoms with E-state index in [0.29, 0.717) is 12.8 Å². The SMILES string of the molecule is CC/C=C\C/C=C\CCCCCCCCCCCCCCCC(O)C(=O)NC(COC1OC(CO)C(O)C(O)C1O)C(O)CCCCCCCCCCCCCCCCCC. The Kier molecular flexibility index (Phi) is 39.1. The van der Waals surface area contributed by atoms with Crippen molar-refractivity contribution in [3.8, 4) is 0 Å². The van der Waals surface area contributed by atoms with Crippen molar-refractivity contribution in [3.05, 3.63) is 24.3 Å². The largest absolute Gasteiger partial charge is 0.394 e. The predicted octanol–water partition coefficient (Wildman–Crippen LogP) is 10.4. The van der Waals surface area contributed by atoms with Gasteiger partial charge in [-0.2, -0.15) is 0 Å². The summed E-state index contributed by atoms with van der Waals surface area (Å²) in [5, 5.41) is 65.0. The molecule has 1 amide bonds. The standard InChI is InChI=1S/C51H97NO9/c1-3-5-7-9-11-13-15-17-19-21-22-23-24-26-28-30-32-34-36-38-40-45(55)50(59)52-43(42-60-51-49(58)48(57)47(56)46(41-53)61-51)44(54)39-37-35-33-31-29-27-25-20-18-16-14-12-10-8-6-4-2/h5,7,11,13,43-49,51,53-58H,3-4,6,8-10,12,14-42H2,1-2H3,(H,52,59)/b7-5-,13-11-. The van der Waals surface area contributed by atoms with Crippen LogP contribution in [0.2, 0.25) is 0 Å². The number of hydrogen-bond acceptors (Lipinski definition) is 9. The smallest absolute Gasteiger partial charge is 0.249 e. The summed E-state index contributed by atoms with van der Waals surface area (Å²) in [5.41, 5.74) is 0. The number of unbranched alkanes of at least 4 members (excludes halogenated alkanes) is 28. The monoisotopic (exact) mass is 868 g/mol. The third kappa shape index (κ3) is 31.2. The van der Waals surface area contributed by atoms with E-state index >= 15 is 0 Å². The molecule has 0 aliphatic carbocycles. The summed E-state index contributed by atoms with van der Waals surface area (Å²) in [6.45, 7) is 3.58. The van der Waals surface area contributed by atoms with Gasteiger partial charge in [-0.05, 0) is 38.5 Å². The second-order valence-electron chi connectivity index (χ2n) is 18.1. The van der Waals surface area contributed by atoms with Crippen LogP contribution in [0.4, 0.5) is 0 Å². The predicted molar refractivity (Wildman–Crippen MR) is 250 cm³/mol. The van der Waals surface area contributed by atoms with Crippen molar-refractivity contribution in [3.63, 3.8) is 0 Å². The fourth-order valence-corrected chi connectivity index (χ4v) is 8.27. The molecule has 1 fully saturated rings. The van der Waals surface area contributed by atoms with E-state index < -0.39 is 61.5 Å². The van der Waals surface area contributed by atoms with E-state index in [1.54, 1.807) is 0 Å². The summed E-state index contributed by atoms with van der Waals surface area (Å²) in [5.74, 6) is -0.583. The van der Waals surface area contributed by atoms with Gasteiger partial charge in [0.2, 0.25) is 5.91 Å². The van der Waals surface area contributed by atoms with Gasteiger partial charge in [-0.25, -0.2) is 0 Å². The highest BCUT2D eigenvalue weighted by atomic mass is 16.7. The van der Waals surface area contributed by atoms with Crippen molar-refractivity contribution in [2.75, 3.05) is 13.2 Å². The highest BCUT2D eigenvalue weighted by Gasteiger charge is 2.44. The first-order valence-electron chi connectivity index (χ1n) is 25.6. The highest BCUT2D eigenvalue weighted by Crippen LogP contribution is 2.23. The maximum atomic E-state index is 13.1. The van der Waals surface area contributed by atoms with Gasteiger partial charge >= 0.3 is 0 Å².